The van der Waals surface area contributed by atoms with Crippen molar-refractivity contribution in [1.82, 2.24) is 5.32 Å². The lowest BCUT2D eigenvalue weighted by Crippen LogP contribution is -2.31. The molecule has 0 heterocycles. The first-order valence-electron chi connectivity index (χ1n) is 5.95. The van der Waals surface area contributed by atoms with Crippen LogP contribution in [-0.4, -0.2) is 26.0 Å². The summed E-state index contributed by atoms with van der Waals surface area (Å²) in [5.74, 6) is 0. The van der Waals surface area contributed by atoms with Crippen molar-refractivity contribution >= 4 is 15.9 Å². The van der Waals surface area contributed by atoms with Crippen molar-refractivity contribution < 1.29 is 9.47 Å². The Labute approximate surface area is 112 Å². The Kier molecular flexibility index (Phi) is 7.44. The third-order valence-corrected chi connectivity index (χ3v) is 3.06. The van der Waals surface area contributed by atoms with E-state index >= 15 is 0 Å². The zero-order valence-electron chi connectivity index (χ0n) is 10.4. The molecule has 0 fully saturated rings. The van der Waals surface area contributed by atoms with Gasteiger partial charge in [0, 0.05) is 30.8 Å². The topological polar surface area (TPSA) is 30.5 Å². The van der Waals surface area contributed by atoms with Crippen LogP contribution in [0, 0.1) is 0 Å². The van der Waals surface area contributed by atoms with Gasteiger partial charge in [-0.05, 0) is 25.5 Å². The summed E-state index contributed by atoms with van der Waals surface area (Å²) in [5, 5.41) is 3.33. The molecule has 1 N–H and O–H groups in total. The van der Waals surface area contributed by atoms with Crippen LogP contribution in [0.5, 0.6) is 0 Å². The van der Waals surface area contributed by atoms with E-state index in [1.54, 1.807) is 0 Å². The molecule has 0 radical (unpaired) electrons. The minimum absolute atomic E-state index is 0.160. The summed E-state index contributed by atoms with van der Waals surface area (Å²) in [6.07, 6.45) is -0.160. The third-order valence-electron chi connectivity index (χ3n) is 2.29. The molecule has 0 aliphatic heterocycles. The summed E-state index contributed by atoms with van der Waals surface area (Å²) < 4.78 is 12.0. The predicted molar refractivity (Wildman–Crippen MR) is 72.9 cm³/mol. The normalized spacial score (nSPS) is 11.1. The lowest BCUT2D eigenvalue weighted by atomic mass is 10.2. The quantitative estimate of drug-likeness (QED) is 0.749. The average molecular weight is 302 g/mol. The van der Waals surface area contributed by atoms with E-state index in [-0.39, 0.29) is 6.29 Å². The van der Waals surface area contributed by atoms with Gasteiger partial charge in [-0.15, -0.1) is 0 Å². The van der Waals surface area contributed by atoms with Gasteiger partial charge in [0.2, 0.25) is 0 Å². The highest BCUT2D eigenvalue weighted by Crippen LogP contribution is 2.15. The lowest BCUT2D eigenvalue weighted by molar-refractivity contribution is -0.133. The Morgan fingerprint density at radius 1 is 1.18 bits per heavy atom. The molecule has 0 unspecified atom stereocenters. The lowest BCUT2D eigenvalue weighted by Gasteiger charge is -2.17. The van der Waals surface area contributed by atoms with Crippen LogP contribution in [-0.2, 0) is 16.0 Å². The first-order chi connectivity index (χ1) is 8.27. The first kappa shape index (κ1) is 14.6. The summed E-state index contributed by atoms with van der Waals surface area (Å²) in [5.41, 5.74) is 1.24. The van der Waals surface area contributed by atoms with Gasteiger partial charge in [0.15, 0.2) is 6.29 Å². The zero-order chi connectivity index (χ0) is 12.5. The zero-order valence-corrected chi connectivity index (χ0v) is 12.0. The molecule has 0 spiro atoms. The van der Waals surface area contributed by atoms with E-state index in [0.29, 0.717) is 19.8 Å². The number of ether oxygens (including phenoxy) is 2. The maximum Gasteiger partial charge on any atom is 0.169 e. The standard InChI is InChI=1S/C13H20BrNO2/c1-3-16-13(17-4-2)10-15-9-11-7-5-6-8-12(11)14/h5-8,13,15H,3-4,9-10H2,1-2H3. The molecular formula is C13H20BrNO2. The largest absolute Gasteiger partial charge is 0.352 e. The van der Waals surface area contributed by atoms with Crippen molar-refractivity contribution in [3.8, 4) is 0 Å². The summed E-state index contributed by atoms with van der Waals surface area (Å²) >= 11 is 3.52. The van der Waals surface area contributed by atoms with E-state index in [4.69, 9.17) is 9.47 Å². The van der Waals surface area contributed by atoms with Crippen LogP contribution in [0.4, 0.5) is 0 Å². The number of halogens is 1. The summed E-state index contributed by atoms with van der Waals surface area (Å²) in [7, 11) is 0. The second-order valence-electron chi connectivity index (χ2n) is 3.56. The molecule has 96 valence electrons. The van der Waals surface area contributed by atoms with Gasteiger partial charge >= 0.3 is 0 Å². The highest BCUT2D eigenvalue weighted by molar-refractivity contribution is 9.10. The van der Waals surface area contributed by atoms with Crippen molar-refractivity contribution in [2.75, 3.05) is 19.8 Å². The molecule has 1 aromatic rings. The minimum atomic E-state index is -0.160. The van der Waals surface area contributed by atoms with Gasteiger partial charge < -0.3 is 14.8 Å². The van der Waals surface area contributed by atoms with Crippen LogP contribution in [0.1, 0.15) is 19.4 Å². The highest BCUT2D eigenvalue weighted by Gasteiger charge is 2.07. The van der Waals surface area contributed by atoms with E-state index in [1.807, 2.05) is 32.0 Å². The average Bonchev–Trinajstić information content (AvgIpc) is 2.32. The molecule has 0 amide bonds. The van der Waals surface area contributed by atoms with E-state index in [1.165, 1.54) is 5.56 Å². The molecule has 0 atom stereocenters. The summed E-state index contributed by atoms with van der Waals surface area (Å²) in [6, 6.07) is 8.17. The molecule has 1 rings (SSSR count). The maximum atomic E-state index is 5.45. The van der Waals surface area contributed by atoms with Gasteiger partial charge in [0.1, 0.15) is 0 Å². The van der Waals surface area contributed by atoms with Gasteiger partial charge in [-0.3, -0.25) is 0 Å². The SMILES string of the molecule is CCOC(CNCc1ccccc1Br)OCC. The molecule has 3 nitrogen and oxygen atoms in total. The summed E-state index contributed by atoms with van der Waals surface area (Å²) in [4.78, 5) is 0. The monoisotopic (exact) mass is 301 g/mol. The number of hydrogen-bond acceptors (Lipinski definition) is 3. The van der Waals surface area contributed by atoms with Crippen molar-refractivity contribution in [3.63, 3.8) is 0 Å². The highest BCUT2D eigenvalue weighted by atomic mass is 79.9. The molecule has 0 bridgehead atoms. The number of rotatable bonds is 8. The molecule has 0 saturated heterocycles. The van der Waals surface area contributed by atoms with Gasteiger partial charge in [-0.25, -0.2) is 0 Å². The van der Waals surface area contributed by atoms with Crippen molar-refractivity contribution in [3.05, 3.63) is 34.3 Å². The van der Waals surface area contributed by atoms with E-state index in [0.717, 1.165) is 11.0 Å². The van der Waals surface area contributed by atoms with Gasteiger partial charge in [-0.1, -0.05) is 34.1 Å². The fourth-order valence-electron chi connectivity index (χ4n) is 1.50. The van der Waals surface area contributed by atoms with Crippen LogP contribution in [0.15, 0.2) is 28.7 Å². The van der Waals surface area contributed by atoms with Gasteiger partial charge in [-0.2, -0.15) is 0 Å². The van der Waals surface area contributed by atoms with Gasteiger partial charge in [0.05, 0.1) is 0 Å². The van der Waals surface area contributed by atoms with E-state index < -0.39 is 0 Å². The third kappa shape index (κ3) is 5.64. The Balaban J connectivity index is 2.33. The smallest absolute Gasteiger partial charge is 0.169 e. The van der Waals surface area contributed by atoms with E-state index in [9.17, 15) is 0 Å². The van der Waals surface area contributed by atoms with Gasteiger partial charge in [0.25, 0.3) is 0 Å². The molecular weight excluding hydrogens is 282 g/mol. The Morgan fingerprint density at radius 3 is 2.41 bits per heavy atom. The molecule has 0 aliphatic carbocycles. The number of benzene rings is 1. The van der Waals surface area contributed by atoms with Crippen molar-refractivity contribution in [1.29, 1.82) is 0 Å². The minimum Gasteiger partial charge on any atom is -0.352 e. The number of hydrogen-bond donors (Lipinski definition) is 1. The molecule has 0 aromatic heterocycles. The van der Waals surface area contributed by atoms with Crippen molar-refractivity contribution in [2.24, 2.45) is 0 Å². The Bertz CT molecular complexity index is 314. The van der Waals surface area contributed by atoms with Crippen LogP contribution < -0.4 is 5.32 Å². The molecule has 1 aromatic carbocycles. The van der Waals surface area contributed by atoms with E-state index in [2.05, 4.69) is 27.3 Å². The van der Waals surface area contributed by atoms with Crippen LogP contribution >= 0.6 is 15.9 Å². The van der Waals surface area contributed by atoms with Crippen LogP contribution in [0.25, 0.3) is 0 Å². The second-order valence-corrected chi connectivity index (χ2v) is 4.42. The van der Waals surface area contributed by atoms with Crippen LogP contribution in [0.3, 0.4) is 0 Å². The Morgan fingerprint density at radius 2 is 1.82 bits per heavy atom. The Hall–Kier alpha value is -0.420. The second kappa shape index (κ2) is 8.64. The number of nitrogens with one attached hydrogen (secondary N) is 1. The maximum absolute atomic E-state index is 5.45. The molecule has 0 saturated carbocycles. The first-order valence-corrected chi connectivity index (χ1v) is 6.74. The van der Waals surface area contributed by atoms with Crippen molar-refractivity contribution in [2.45, 2.75) is 26.7 Å². The van der Waals surface area contributed by atoms with Crippen LogP contribution in [0.2, 0.25) is 0 Å². The molecule has 0 aliphatic rings. The fraction of sp³-hybridized carbons (Fsp3) is 0.538. The summed E-state index contributed by atoms with van der Waals surface area (Å²) in [6.45, 7) is 6.78. The fourth-order valence-corrected chi connectivity index (χ4v) is 1.93. The predicted octanol–water partition coefficient (Wildman–Crippen LogP) is 2.94. The molecule has 17 heavy (non-hydrogen) atoms. The molecule has 4 heteroatoms.